The molecule has 0 unspecified atom stereocenters. The summed E-state index contributed by atoms with van der Waals surface area (Å²) in [6, 6.07) is 35.7. The molecule has 0 amide bonds. The van der Waals surface area contributed by atoms with Crippen LogP contribution in [-0.4, -0.2) is 22.2 Å². The Morgan fingerprint density at radius 3 is 1.71 bits per heavy atom. The quantitative estimate of drug-likeness (QED) is 0.223. The third-order valence-electron chi connectivity index (χ3n) is 5.87. The van der Waals surface area contributed by atoms with Crippen LogP contribution in [0.25, 0.3) is 22.3 Å². The van der Waals surface area contributed by atoms with Gasteiger partial charge in [0, 0.05) is 5.56 Å². The molecule has 0 bridgehead atoms. The van der Waals surface area contributed by atoms with Gasteiger partial charge < -0.3 is 19.7 Å². The van der Waals surface area contributed by atoms with Crippen molar-refractivity contribution in [3.8, 4) is 45.3 Å². The summed E-state index contributed by atoms with van der Waals surface area (Å²) in [5.74, 6) is -0.785. The lowest BCUT2D eigenvalue weighted by Crippen LogP contribution is -1.98. The molecular weight excluding hydrogens is 480 g/mol. The van der Waals surface area contributed by atoms with E-state index in [0.717, 1.165) is 22.3 Å². The number of benzene rings is 5. The maximum absolute atomic E-state index is 11.5. The van der Waals surface area contributed by atoms with Crippen LogP contribution >= 0.6 is 0 Å². The Labute approximate surface area is 219 Å². The van der Waals surface area contributed by atoms with Gasteiger partial charge in [-0.1, -0.05) is 72.8 Å². The molecule has 0 saturated heterocycles. The maximum atomic E-state index is 11.5. The molecule has 0 aliphatic rings. The van der Waals surface area contributed by atoms with Gasteiger partial charge in [-0.2, -0.15) is 0 Å². The molecule has 0 saturated carbocycles. The Morgan fingerprint density at radius 1 is 0.500 bits per heavy atom. The van der Waals surface area contributed by atoms with Gasteiger partial charge >= 0.3 is 11.9 Å². The number of hydrogen-bond donors (Lipinski definition) is 2. The summed E-state index contributed by atoms with van der Waals surface area (Å²) < 4.78 is 12.4. The van der Waals surface area contributed by atoms with E-state index in [0.29, 0.717) is 23.0 Å². The number of carbonyl (C=O) groups is 2. The normalized spacial score (nSPS) is 10.5. The van der Waals surface area contributed by atoms with Crippen molar-refractivity contribution in [2.75, 3.05) is 0 Å². The minimum Gasteiger partial charge on any atom is -0.478 e. The van der Waals surface area contributed by atoms with E-state index in [1.165, 1.54) is 24.3 Å². The summed E-state index contributed by atoms with van der Waals surface area (Å²) in [6.45, 7) is 0. The first kappa shape index (κ1) is 24.3. The van der Waals surface area contributed by atoms with Crippen molar-refractivity contribution in [2.24, 2.45) is 0 Å². The molecule has 5 rings (SSSR count). The van der Waals surface area contributed by atoms with Crippen molar-refractivity contribution in [2.45, 2.75) is 0 Å². The van der Waals surface area contributed by atoms with Gasteiger partial charge in [-0.25, -0.2) is 9.59 Å². The van der Waals surface area contributed by atoms with Crippen LogP contribution in [0.15, 0.2) is 121 Å². The summed E-state index contributed by atoms with van der Waals surface area (Å²) in [6.07, 6.45) is 0. The summed E-state index contributed by atoms with van der Waals surface area (Å²) in [5, 5.41) is 18.8. The third kappa shape index (κ3) is 5.39. The van der Waals surface area contributed by atoms with Crippen molar-refractivity contribution >= 4 is 11.9 Å². The number of hydrogen-bond acceptors (Lipinski definition) is 4. The predicted octanol–water partition coefficient (Wildman–Crippen LogP) is 8.00. The number of aromatic carboxylic acids is 2. The van der Waals surface area contributed by atoms with E-state index in [2.05, 4.69) is 0 Å². The van der Waals surface area contributed by atoms with Crippen LogP contribution in [0.4, 0.5) is 0 Å². The van der Waals surface area contributed by atoms with Gasteiger partial charge in [0.1, 0.15) is 11.5 Å². The molecule has 6 heteroatoms. The molecule has 2 N–H and O–H groups in total. The topological polar surface area (TPSA) is 93.1 Å². The second-order valence-electron chi connectivity index (χ2n) is 8.45. The molecule has 0 radical (unpaired) electrons. The summed E-state index contributed by atoms with van der Waals surface area (Å²) in [4.78, 5) is 23.0. The van der Waals surface area contributed by atoms with Crippen molar-refractivity contribution < 1.29 is 29.3 Å². The van der Waals surface area contributed by atoms with Crippen LogP contribution in [0.1, 0.15) is 20.7 Å². The van der Waals surface area contributed by atoms with Gasteiger partial charge in [0.25, 0.3) is 0 Å². The van der Waals surface area contributed by atoms with Crippen LogP contribution in [-0.2, 0) is 0 Å². The number of carboxylic acids is 2. The Morgan fingerprint density at radius 2 is 1.05 bits per heavy atom. The van der Waals surface area contributed by atoms with Crippen LogP contribution in [0, 0.1) is 0 Å². The molecule has 0 aliphatic carbocycles. The van der Waals surface area contributed by atoms with E-state index < -0.39 is 11.9 Å². The van der Waals surface area contributed by atoms with Crippen LogP contribution in [0.2, 0.25) is 0 Å². The predicted molar refractivity (Wildman–Crippen MR) is 144 cm³/mol. The van der Waals surface area contributed by atoms with E-state index in [9.17, 15) is 19.8 Å². The summed E-state index contributed by atoms with van der Waals surface area (Å²) in [7, 11) is 0. The smallest absolute Gasteiger partial charge is 0.335 e. The zero-order valence-corrected chi connectivity index (χ0v) is 20.1. The fourth-order valence-electron chi connectivity index (χ4n) is 4.06. The molecular formula is C32H22O6. The molecule has 0 atom stereocenters. The van der Waals surface area contributed by atoms with Crippen LogP contribution < -0.4 is 9.47 Å². The van der Waals surface area contributed by atoms with Crippen molar-refractivity contribution in [3.05, 3.63) is 132 Å². The Balaban J connectivity index is 1.62. The van der Waals surface area contributed by atoms with E-state index in [1.54, 1.807) is 30.3 Å². The van der Waals surface area contributed by atoms with Gasteiger partial charge in [0.05, 0.1) is 11.1 Å². The molecule has 0 spiro atoms. The Bertz CT molecular complexity index is 1620. The summed E-state index contributed by atoms with van der Waals surface area (Å²) in [5.41, 5.74) is 3.83. The number of ether oxygens (including phenoxy) is 2. The molecule has 0 heterocycles. The van der Waals surface area contributed by atoms with Gasteiger partial charge in [-0.15, -0.1) is 0 Å². The molecule has 186 valence electrons. The van der Waals surface area contributed by atoms with E-state index in [4.69, 9.17) is 9.47 Å². The molecule has 5 aromatic rings. The largest absolute Gasteiger partial charge is 0.478 e. The van der Waals surface area contributed by atoms with Crippen molar-refractivity contribution in [3.63, 3.8) is 0 Å². The van der Waals surface area contributed by atoms with Crippen molar-refractivity contribution in [1.29, 1.82) is 0 Å². The number of rotatable bonds is 8. The Hall–Kier alpha value is -5.36. The first-order valence-corrected chi connectivity index (χ1v) is 11.8. The summed E-state index contributed by atoms with van der Waals surface area (Å²) >= 11 is 0. The highest BCUT2D eigenvalue weighted by molar-refractivity contribution is 5.88. The standard InChI is InChI=1S/C32H22O6/c33-31(34)24-12-5-14-26(19-24)37-29-17-7-16-28(30(29)38-27-15-6-13-25(20-27)32(35)36)23-11-4-10-22(18-23)21-8-2-1-3-9-21/h1-20H,(H,33,34)(H,35,36). The highest BCUT2D eigenvalue weighted by atomic mass is 16.5. The minimum absolute atomic E-state index is 0.0858. The lowest BCUT2D eigenvalue weighted by atomic mass is 9.98. The molecule has 38 heavy (non-hydrogen) atoms. The first-order chi connectivity index (χ1) is 18.5. The first-order valence-electron chi connectivity index (χ1n) is 11.8. The molecule has 0 aliphatic heterocycles. The lowest BCUT2D eigenvalue weighted by molar-refractivity contribution is 0.0685. The zero-order valence-electron chi connectivity index (χ0n) is 20.1. The van der Waals surface area contributed by atoms with Crippen molar-refractivity contribution in [1.82, 2.24) is 0 Å². The lowest BCUT2D eigenvalue weighted by Gasteiger charge is -2.17. The zero-order chi connectivity index (χ0) is 26.5. The second kappa shape index (κ2) is 10.7. The molecule has 0 aromatic heterocycles. The maximum Gasteiger partial charge on any atom is 0.335 e. The van der Waals surface area contributed by atoms with Crippen LogP contribution in [0.3, 0.4) is 0 Å². The van der Waals surface area contributed by atoms with Gasteiger partial charge in [0.2, 0.25) is 0 Å². The van der Waals surface area contributed by atoms with E-state index >= 15 is 0 Å². The highest BCUT2D eigenvalue weighted by Gasteiger charge is 2.17. The highest BCUT2D eigenvalue weighted by Crippen LogP contribution is 2.43. The van der Waals surface area contributed by atoms with Gasteiger partial charge in [0.15, 0.2) is 11.5 Å². The Kier molecular flexibility index (Phi) is 6.87. The monoisotopic (exact) mass is 502 g/mol. The molecule has 0 fully saturated rings. The minimum atomic E-state index is -1.07. The number of para-hydroxylation sites is 1. The van der Waals surface area contributed by atoms with Gasteiger partial charge in [-0.05, 0) is 65.2 Å². The molecule has 6 nitrogen and oxygen atoms in total. The number of carboxylic acid groups (broad SMARTS) is 2. The van der Waals surface area contributed by atoms with Gasteiger partial charge in [-0.3, -0.25) is 0 Å². The average molecular weight is 503 g/mol. The van der Waals surface area contributed by atoms with E-state index in [1.807, 2.05) is 66.7 Å². The van der Waals surface area contributed by atoms with Crippen LogP contribution in [0.5, 0.6) is 23.0 Å². The van der Waals surface area contributed by atoms with E-state index in [-0.39, 0.29) is 11.1 Å². The fraction of sp³-hybridized carbons (Fsp3) is 0. The third-order valence-corrected chi connectivity index (χ3v) is 5.87. The second-order valence-corrected chi connectivity index (χ2v) is 8.45. The SMILES string of the molecule is O=C(O)c1cccc(Oc2cccc(-c3cccc(-c4ccccc4)c3)c2Oc2cccc(C(=O)O)c2)c1. The molecule has 5 aromatic carbocycles. The average Bonchev–Trinajstić information content (AvgIpc) is 2.95. The fourth-order valence-corrected chi connectivity index (χ4v) is 4.06.